The Morgan fingerprint density at radius 3 is 2.69 bits per heavy atom. The van der Waals surface area contributed by atoms with Crippen LogP contribution in [0.15, 0.2) is 16.8 Å². The van der Waals surface area contributed by atoms with Gasteiger partial charge in [-0.05, 0) is 36.2 Å². The summed E-state index contributed by atoms with van der Waals surface area (Å²) >= 11 is 1.67. The number of aromatic nitrogens is 2. The van der Waals surface area contributed by atoms with E-state index in [0.29, 0.717) is 0 Å². The third kappa shape index (κ3) is 1.77. The molecule has 2 aromatic rings. The van der Waals surface area contributed by atoms with Crippen LogP contribution in [0, 0.1) is 13.8 Å². The molecule has 0 fully saturated rings. The lowest BCUT2D eigenvalue weighted by atomic mass is 10.0. The largest absolute Gasteiger partial charge is 0.272 e. The Morgan fingerprint density at radius 1 is 1.50 bits per heavy atom. The predicted octanol–water partition coefficient (Wildman–Crippen LogP) is 1.65. The van der Waals surface area contributed by atoms with Gasteiger partial charge in [-0.1, -0.05) is 0 Å². The summed E-state index contributed by atoms with van der Waals surface area (Å²) in [4.78, 5) is 0. The van der Waals surface area contributed by atoms with Crippen LogP contribution < -0.4 is 11.3 Å². The third-order valence-corrected chi connectivity index (χ3v) is 3.60. The van der Waals surface area contributed by atoms with Crippen molar-refractivity contribution in [3.8, 4) is 0 Å². The molecule has 0 aliphatic carbocycles. The maximum Gasteiger partial charge on any atom is 0.0754 e. The van der Waals surface area contributed by atoms with Crippen LogP contribution in [0.1, 0.15) is 28.6 Å². The fourth-order valence-corrected chi connectivity index (χ4v) is 2.68. The Bertz CT molecular complexity index is 472. The Morgan fingerprint density at radius 2 is 2.25 bits per heavy atom. The molecule has 5 heteroatoms. The lowest BCUT2D eigenvalue weighted by Crippen LogP contribution is -2.29. The van der Waals surface area contributed by atoms with Crippen molar-refractivity contribution in [1.29, 1.82) is 0 Å². The molecule has 0 saturated carbocycles. The van der Waals surface area contributed by atoms with Crippen molar-refractivity contribution < 1.29 is 0 Å². The highest BCUT2D eigenvalue weighted by atomic mass is 32.1. The number of hydrogen-bond acceptors (Lipinski definition) is 4. The van der Waals surface area contributed by atoms with Crippen molar-refractivity contribution >= 4 is 11.3 Å². The Balaban J connectivity index is 2.49. The van der Waals surface area contributed by atoms with Crippen LogP contribution in [0.3, 0.4) is 0 Å². The van der Waals surface area contributed by atoms with E-state index in [0.717, 1.165) is 11.4 Å². The second kappa shape index (κ2) is 4.37. The molecule has 0 amide bonds. The Labute approximate surface area is 99.1 Å². The van der Waals surface area contributed by atoms with Crippen molar-refractivity contribution in [2.24, 2.45) is 12.9 Å². The van der Waals surface area contributed by atoms with E-state index in [2.05, 4.69) is 34.3 Å². The number of nitrogens with zero attached hydrogens (tertiary/aromatic N) is 2. The van der Waals surface area contributed by atoms with Gasteiger partial charge in [0.25, 0.3) is 0 Å². The summed E-state index contributed by atoms with van der Waals surface area (Å²) in [5.41, 5.74) is 7.39. The van der Waals surface area contributed by atoms with Gasteiger partial charge in [-0.3, -0.25) is 10.5 Å². The van der Waals surface area contributed by atoms with Crippen LogP contribution in [-0.4, -0.2) is 9.78 Å². The second-order valence-corrected chi connectivity index (χ2v) is 4.64. The zero-order valence-corrected chi connectivity index (χ0v) is 10.5. The lowest BCUT2D eigenvalue weighted by molar-refractivity contribution is 0.630. The van der Waals surface area contributed by atoms with Gasteiger partial charge in [-0.15, -0.1) is 0 Å². The number of nitrogens with one attached hydrogen (secondary N) is 1. The minimum absolute atomic E-state index is 0.0277. The summed E-state index contributed by atoms with van der Waals surface area (Å²) in [6.07, 6.45) is 0. The number of rotatable bonds is 3. The zero-order valence-electron chi connectivity index (χ0n) is 9.69. The minimum atomic E-state index is 0.0277. The van der Waals surface area contributed by atoms with Gasteiger partial charge in [0.15, 0.2) is 0 Å². The number of hydrogen-bond donors (Lipinski definition) is 2. The molecule has 3 N–H and O–H groups in total. The van der Waals surface area contributed by atoms with Crippen LogP contribution in [0.2, 0.25) is 0 Å². The number of aryl methyl sites for hydroxylation is 2. The van der Waals surface area contributed by atoms with Gasteiger partial charge in [-0.2, -0.15) is 16.4 Å². The van der Waals surface area contributed by atoms with E-state index in [1.54, 1.807) is 11.3 Å². The first kappa shape index (κ1) is 11.3. The molecule has 2 aromatic heterocycles. The van der Waals surface area contributed by atoms with E-state index in [-0.39, 0.29) is 6.04 Å². The molecule has 1 unspecified atom stereocenters. The van der Waals surface area contributed by atoms with Crippen LogP contribution in [0.4, 0.5) is 0 Å². The fraction of sp³-hybridized carbons (Fsp3) is 0.364. The zero-order chi connectivity index (χ0) is 11.7. The molecule has 0 aromatic carbocycles. The molecule has 0 spiro atoms. The molecule has 86 valence electrons. The quantitative estimate of drug-likeness (QED) is 0.629. The lowest BCUT2D eigenvalue weighted by Gasteiger charge is -2.15. The maximum atomic E-state index is 5.66. The molecule has 0 bridgehead atoms. The molecule has 0 aliphatic heterocycles. The molecule has 0 radical (unpaired) electrons. The molecule has 2 rings (SSSR count). The summed E-state index contributed by atoms with van der Waals surface area (Å²) in [5.74, 6) is 5.66. The highest BCUT2D eigenvalue weighted by molar-refractivity contribution is 7.08. The number of hydrazine groups is 1. The maximum absolute atomic E-state index is 5.66. The van der Waals surface area contributed by atoms with E-state index < -0.39 is 0 Å². The molecule has 1 atom stereocenters. The first-order valence-electron chi connectivity index (χ1n) is 5.13. The first-order valence-corrected chi connectivity index (χ1v) is 6.07. The molecule has 16 heavy (non-hydrogen) atoms. The van der Waals surface area contributed by atoms with Crippen molar-refractivity contribution in [3.05, 3.63) is 39.3 Å². The van der Waals surface area contributed by atoms with E-state index in [1.807, 2.05) is 18.7 Å². The molecule has 4 nitrogen and oxygen atoms in total. The summed E-state index contributed by atoms with van der Waals surface area (Å²) in [6, 6.07) is 2.11. The third-order valence-electron chi connectivity index (χ3n) is 2.90. The Hall–Kier alpha value is -1.17. The smallest absolute Gasteiger partial charge is 0.0754 e. The van der Waals surface area contributed by atoms with E-state index in [4.69, 9.17) is 5.84 Å². The van der Waals surface area contributed by atoms with E-state index >= 15 is 0 Å². The highest BCUT2D eigenvalue weighted by Crippen LogP contribution is 2.27. The molecular formula is C11H16N4S. The number of thiophene rings is 1. The van der Waals surface area contributed by atoms with Crippen molar-refractivity contribution in [2.75, 3.05) is 0 Å². The second-order valence-electron chi connectivity index (χ2n) is 3.86. The van der Waals surface area contributed by atoms with Crippen molar-refractivity contribution in [3.63, 3.8) is 0 Å². The van der Waals surface area contributed by atoms with Gasteiger partial charge < -0.3 is 0 Å². The van der Waals surface area contributed by atoms with E-state index in [9.17, 15) is 0 Å². The topological polar surface area (TPSA) is 55.9 Å². The predicted molar refractivity (Wildman–Crippen MR) is 66.2 cm³/mol. The van der Waals surface area contributed by atoms with Gasteiger partial charge in [-0.25, -0.2) is 5.43 Å². The SMILES string of the molecule is Cc1nn(C)c(C)c1C(NN)c1ccsc1. The summed E-state index contributed by atoms with van der Waals surface area (Å²) in [6.45, 7) is 4.07. The van der Waals surface area contributed by atoms with Crippen molar-refractivity contribution in [1.82, 2.24) is 15.2 Å². The van der Waals surface area contributed by atoms with Gasteiger partial charge >= 0.3 is 0 Å². The van der Waals surface area contributed by atoms with Gasteiger partial charge in [0.1, 0.15) is 0 Å². The molecule has 0 aliphatic rings. The highest BCUT2D eigenvalue weighted by Gasteiger charge is 2.20. The summed E-state index contributed by atoms with van der Waals surface area (Å²) in [7, 11) is 1.95. The Kier molecular flexibility index (Phi) is 3.09. The van der Waals surface area contributed by atoms with Crippen LogP contribution in [0.5, 0.6) is 0 Å². The minimum Gasteiger partial charge on any atom is -0.272 e. The normalized spacial score (nSPS) is 13.0. The number of nitrogens with two attached hydrogens (primary N) is 1. The first-order chi connectivity index (χ1) is 7.65. The van der Waals surface area contributed by atoms with Gasteiger partial charge in [0.2, 0.25) is 0 Å². The van der Waals surface area contributed by atoms with Crippen LogP contribution in [-0.2, 0) is 7.05 Å². The van der Waals surface area contributed by atoms with E-state index in [1.165, 1.54) is 11.1 Å². The monoisotopic (exact) mass is 236 g/mol. The molecular weight excluding hydrogens is 220 g/mol. The molecule has 0 saturated heterocycles. The van der Waals surface area contributed by atoms with Gasteiger partial charge in [0, 0.05) is 18.3 Å². The average molecular weight is 236 g/mol. The van der Waals surface area contributed by atoms with Crippen molar-refractivity contribution in [2.45, 2.75) is 19.9 Å². The van der Waals surface area contributed by atoms with Crippen LogP contribution in [0.25, 0.3) is 0 Å². The van der Waals surface area contributed by atoms with Crippen LogP contribution >= 0.6 is 11.3 Å². The average Bonchev–Trinajstić information content (AvgIpc) is 2.84. The summed E-state index contributed by atoms with van der Waals surface area (Å²) < 4.78 is 1.89. The standard InChI is InChI=1S/C11H16N4S/c1-7-10(8(2)15(3)14-7)11(13-12)9-4-5-16-6-9/h4-6,11,13H,12H2,1-3H3. The summed E-state index contributed by atoms with van der Waals surface area (Å²) in [5, 5.41) is 8.58. The fourth-order valence-electron chi connectivity index (χ4n) is 1.99. The molecule has 2 heterocycles. The van der Waals surface area contributed by atoms with Gasteiger partial charge in [0.05, 0.1) is 11.7 Å².